The highest BCUT2D eigenvalue weighted by Crippen LogP contribution is 2.37. The summed E-state index contributed by atoms with van der Waals surface area (Å²) in [7, 11) is 0. The van der Waals surface area contributed by atoms with E-state index in [9.17, 15) is 9.18 Å². The van der Waals surface area contributed by atoms with E-state index in [4.69, 9.17) is 37.4 Å². The highest BCUT2D eigenvalue weighted by molar-refractivity contribution is 6.32. The van der Waals surface area contributed by atoms with Crippen LogP contribution in [0.3, 0.4) is 0 Å². The summed E-state index contributed by atoms with van der Waals surface area (Å²) in [5.74, 6) is 0.162. The van der Waals surface area contributed by atoms with Crippen molar-refractivity contribution >= 4 is 29.2 Å². The maximum Gasteiger partial charge on any atom is 0.317 e. The summed E-state index contributed by atoms with van der Waals surface area (Å²) in [5.41, 5.74) is 2.82. The summed E-state index contributed by atoms with van der Waals surface area (Å²) >= 11 is 12.9. The number of halogens is 3. The Labute approximate surface area is 212 Å². The van der Waals surface area contributed by atoms with Gasteiger partial charge >= 0.3 is 6.03 Å². The number of hydrogen-bond acceptors (Lipinski definition) is 4. The molecule has 2 aliphatic heterocycles. The van der Waals surface area contributed by atoms with Gasteiger partial charge in [0.2, 0.25) is 0 Å². The summed E-state index contributed by atoms with van der Waals surface area (Å²) < 4.78 is 31.0. The number of rotatable bonds is 6. The molecule has 0 saturated carbocycles. The highest BCUT2D eigenvalue weighted by atomic mass is 35.5. The zero-order chi connectivity index (χ0) is 24.4. The number of nitrogens with zero attached hydrogens (tertiary/aromatic N) is 1. The molecule has 0 spiro atoms. The van der Waals surface area contributed by atoms with Crippen molar-refractivity contribution in [2.24, 2.45) is 0 Å². The molecule has 2 amide bonds. The van der Waals surface area contributed by atoms with Crippen LogP contribution in [0.4, 0.5) is 9.18 Å². The predicted molar refractivity (Wildman–Crippen MR) is 130 cm³/mol. The smallest absolute Gasteiger partial charge is 0.317 e. The Morgan fingerprint density at radius 1 is 1.09 bits per heavy atom. The Morgan fingerprint density at radius 2 is 1.74 bits per heavy atom. The quantitative estimate of drug-likeness (QED) is 0.456. The number of benzene rings is 3. The maximum atomic E-state index is 14.0. The Balaban J connectivity index is 1.22. The van der Waals surface area contributed by atoms with Crippen molar-refractivity contribution in [1.29, 1.82) is 0 Å². The fourth-order valence-electron chi connectivity index (χ4n) is 4.24. The number of likely N-dealkylation sites (tertiary alicyclic amines) is 1. The number of carbonyl (C=O) groups excluding carboxylic acids is 1. The number of fused-ring (bicyclic) bond motifs is 1. The van der Waals surface area contributed by atoms with Crippen molar-refractivity contribution in [3.05, 3.63) is 98.8 Å². The lowest BCUT2D eigenvalue weighted by molar-refractivity contribution is -0.0645. The Hall–Kier alpha value is -2.84. The third-order valence-corrected chi connectivity index (χ3v) is 6.71. The Morgan fingerprint density at radius 3 is 2.40 bits per heavy atom. The molecule has 2 heterocycles. The average Bonchev–Trinajstić information content (AvgIpc) is 2.83. The van der Waals surface area contributed by atoms with Crippen LogP contribution in [0.5, 0.6) is 5.75 Å². The summed E-state index contributed by atoms with van der Waals surface area (Å²) in [5, 5.41) is 4.00. The lowest BCUT2D eigenvalue weighted by Crippen LogP contribution is -2.57. The molecular weight excluding hydrogens is 494 g/mol. The summed E-state index contributed by atoms with van der Waals surface area (Å²) in [6.07, 6.45) is -0.661. The zero-order valence-corrected chi connectivity index (χ0v) is 20.2. The molecule has 1 N–H and O–H groups in total. The van der Waals surface area contributed by atoms with Crippen molar-refractivity contribution < 1.29 is 23.4 Å². The van der Waals surface area contributed by atoms with E-state index in [1.165, 1.54) is 12.1 Å². The molecular formula is C26H23Cl2FN2O4. The van der Waals surface area contributed by atoms with Crippen LogP contribution in [0.1, 0.15) is 28.4 Å². The van der Waals surface area contributed by atoms with Gasteiger partial charge in [-0.25, -0.2) is 9.18 Å². The third-order valence-electron chi connectivity index (χ3n) is 6.02. The first-order valence-electron chi connectivity index (χ1n) is 11.2. The molecule has 1 fully saturated rings. The minimum Gasteiger partial charge on any atom is -0.467 e. The van der Waals surface area contributed by atoms with E-state index in [0.717, 1.165) is 11.1 Å². The van der Waals surface area contributed by atoms with Gasteiger partial charge in [-0.2, -0.15) is 0 Å². The van der Waals surface area contributed by atoms with E-state index in [0.29, 0.717) is 40.0 Å². The van der Waals surface area contributed by atoms with Gasteiger partial charge in [0.15, 0.2) is 6.79 Å². The van der Waals surface area contributed by atoms with Crippen LogP contribution in [0.25, 0.3) is 0 Å². The van der Waals surface area contributed by atoms with Crippen molar-refractivity contribution in [3.63, 3.8) is 0 Å². The lowest BCUT2D eigenvalue weighted by atomic mass is 10.0. The monoisotopic (exact) mass is 516 g/mol. The van der Waals surface area contributed by atoms with Gasteiger partial charge < -0.3 is 24.4 Å². The summed E-state index contributed by atoms with van der Waals surface area (Å²) in [6, 6.07) is 17.4. The molecule has 2 aliphatic rings. The van der Waals surface area contributed by atoms with E-state index in [2.05, 4.69) is 5.32 Å². The Kier molecular flexibility index (Phi) is 7.11. The number of urea groups is 1. The third kappa shape index (κ3) is 5.23. The molecule has 0 radical (unpaired) electrons. The van der Waals surface area contributed by atoms with Gasteiger partial charge in [-0.1, -0.05) is 59.6 Å². The fraction of sp³-hybridized carbons (Fsp3) is 0.269. The van der Waals surface area contributed by atoms with Crippen LogP contribution in [-0.4, -0.2) is 36.9 Å². The standard InChI is InChI=1S/C26H23Cl2FN2O4/c27-22-7-3-1-5-20(22)25(21-6-2-4-8-23(21)28)35-19-12-31(13-19)26(32)30-11-16-9-18(29)10-17-14-33-15-34-24(16)17/h1-10,19,25H,11-15H2,(H,30,32). The SMILES string of the molecule is O=C(NCc1cc(F)cc2c1OCOC2)N1CC(OC(c2ccccc2Cl)c2ccccc2Cl)C1. The van der Waals surface area contributed by atoms with Gasteiger partial charge in [0.1, 0.15) is 17.7 Å². The van der Waals surface area contributed by atoms with Crippen molar-refractivity contribution in [2.75, 3.05) is 19.9 Å². The normalized spacial score (nSPS) is 15.4. The van der Waals surface area contributed by atoms with Crippen LogP contribution in [0.2, 0.25) is 10.0 Å². The largest absolute Gasteiger partial charge is 0.467 e. The van der Waals surface area contributed by atoms with Gasteiger partial charge in [-0.3, -0.25) is 0 Å². The van der Waals surface area contributed by atoms with Crippen LogP contribution in [-0.2, 0) is 22.6 Å². The molecule has 0 unspecified atom stereocenters. The number of amides is 2. The lowest BCUT2D eigenvalue weighted by Gasteiger charge is -2.41. The van der Waals surface area contributed by atoms with E-state index in [1.54, 1.807) is 4.90 Å². The second-order valence-corrected chi connectivity index (χ2v) is 9.22. The molecule has 35 heavy (non-hydrogen) atoms. The first kappa shape index (κ1) is 23.9. The molecule has 0 aliphatic carbocycles. The molecule has 5 rings (SSSR count). The van der Waals surface area contributed by atoms with Gasteiger partial charge in [-0.05, 0) is 24.3 Å². The van der Waals surface area contributed by atoms with E-state index in [-0.39, 0.29) is 32.1 Å². The topological polar surface area (TPSA) is 60.0 Å². The zero-order valence-electron chi connectivity index (χ0n) is 18.7. The molecule has 3 aromatic rings. The summed E-state index contributed by atoms with van der Waals surface area (Å²) in [6.45, 7) is 1.33. The first-order chi connectivity index (χ1) is 17.0. The van der Waals surface area contributed by atoms with Gasteiger partial charge in [0, 0.05) is 38.8 Å². The molecule has 6 nitrogen and oxygen atoms in total. The van der Waals surface area contributed by atoms with E-state index >= 15 is 0 Å². The van der Waals surface area contributed by atoms with Gasteiger partial charge in [-0.15, -0.1) is 0 Å². The molecule has 3 aromatic carbocycles. The van der Waals surface area contributed by atoms with Crippen LogP contribution in [0.15, 0.2) is 60.7 Å². The summed E-state index contributed by atoms with van der Waals surface area (Å²) in [4.78, 5) is 14.3. The van der Waals surface area contributed by atoms with E-state index in [1.807, 2.05) is 48.5 Å². The number of nitrogens with one attached hydrogen (secondary N) is 1. The number of ether oxygens (including phenoxy) is 3. The fourth-order valence-corrected chi connectivity index (χ4v) is 4.71. The molecule has 182 valence electrons. The maximum absolute atomic E-state index is 14.0. The van der Waals surface area contributed by atoms with E-state index < -0.39 is 11.9 Å². The minimum atomic E-state index is -0.467. The van der Waals surface area contributed by atoms with Gasteiger partial charge in [0.05, 0.1) is 25.8 Å². The number of carbonyl (C=O) groups is 1. The van der Waals surface area contributed by atoms with Crippen molar-refractivity contribution in [2.45, 2.75) is 25.4 Å². The first-order valence-corrected chi connectivity index (χ1v) is 11.9. The minimum absolute atomic E-state index is 0.1000. The molecule has 1 saturated heterocycles. The van der Waals surface area contributed by atoms with Gasteiger partial charge in [0.25, 0.3) is 0 Å². The molecule has 9 heteroatoms. The number of hydrogen-bond donors (Lipinski definition) is 1. The van der Waals surface area contributed by atoms with Crippen molar-refractivity contribution in [1.82, 2.24) is 10.2 Å². The van der Waals surface area contributed by atoms with Crippen molar-refractivity contribution in [3.8, 4) is 5.75 Å². The second-order valence-electron chi connectivity index (χ2n) is 8.41. The van der Waals surface area contributed by atoms with Crippen LogP contribution >= 0.6 is 23.2 Å². The highest BCUT2D eigenvalue weighted by Gasteiger charge is 2.35. The Bertz CT molecular complexity index is 1190. The van der Waals surface area contributed by atoms with Crippen LogP contribution < -0.4 is 10.1 Å². The molecule has 0 aromatic heterocycles. The molecule has 0 bridgehead atoms. The molecule has 0 atom stereocenters. The van der Waals surface area contributed by atoms with Crippen LogP contribution in [0, 0.1) is 5.82 Å². The second kappa shape index (κ2) is 10.4. The average molecular weight is 517 g/mol. The predicted octanol–water partition coefficient (Wildman–Crippen LogP) is 5.70.